The highest BCUT2D eigenvalue weighted by Crippen LogP contribution is 2.26. The highest BCUT2D eigenvalue weighted by atomic mass is 79.9. The van der Waals surface area contributed by atoms with Crippen molar-refractivity contribution < 1.29 is 4.39 Å². The van der Waals surface area contributed by atoms with Gasteiger partial charge in [-0.05, 0) is 35.9 Å². The molecule has 0 aliphatic heterocycles. The van der Waals surface area contributed by atoms with Crippen molar-refractivity contribution in [3.05, 3.63) is 63.3 Å². The van der Waals surface area contributed by atoms with E-state index in [-0.39, 0.29) is 5.82 Å². The molecule has 0 aliphatic rings. The molecule has 0 saturated carbocycles. The second-order valence-electron chi connectivity index (χ2n) is 3.52. The minimum absolute atomic E-state index is 0.296. The molecule has 0 atom stereocenters. The third-order valence-corrected chi connectivity index (χ3v) is 3.95. The lowest BCUT2D eigenvalue weighted by Gasteiger charge is -2.03. The molecule has 0 saturated heterocycles. The summed E-state index contributed by atoms with van der Waals surface area (Å²) in [5.41, 5.74) is 1.19. The molecule has 2 rings (SSSR count). The van der Waals surface area contributed by atoms with Gasteiger partial charge in [0.05, 0.1) is 0 Å². The van der Waals surface area contributed by atoms with Gasteiger partial charge in [0, 0.05) is 20.1 Å². The molecule has 88 valence electrons. The molecule has 0 unspecified atom stereocenters. The first kappa shape index (κ1) is 12.9. The summed E-state index contributed by atoms with van der Waals surface area (Å²) in [7, 11) is 0. The van der Waals surface area contributed by atoms with E-state index in [4.69, 9.17) is 11.6 Å². The van der Waals surface area contributed by atoms with Crippen molar-refractivity contribution in [3.8, 4) is 0 Å². The van der Waals surface area contributed by atoms with E-state index < -0.39 is 0 Å². The first-order valence-electron chi connectivity index (χ1n) is 4.97. The molecule has 0 fully saturated rings. The maximum atomic E-state index is 13.1. The summed E-state index contributed by atoms with van der Waals surface area (Å²) in [6.45, 7) is 0. The van der Waals surface area contributed by atoms with Gasteiger partial charge in [-0.2, -0.15) is 0 Å². The Labute approximate surface area is 117 Å². The molecule has 4 heteroatoms. The molecule has 2 aromatic rings. The summed E-state index contributed by atoms with van der Waals surface area (Å²) >= 11 is 10.7. The van der Waals surface area contributed by atoms with Gasteiger partial charge in [0.2, 0.25) is 0 Å². The Kier molecular flexibility index (Phi) is 4.48. The van der Waals surface area contributed by atoms with Gasteiger partial charge in [0.25, 0.3) is 0 Å². The molecular formula is C13H9BrClFS. The van der Waals surface area contributed by atoms with Crippen LogP contribution in [0.3, 0.4) is 0 Å². The minimum atomic E-state index is -0.296. The van der Waals surface area contributed by atoms with E-state index in [1.807, 2.05) is 24.3 Å². The normalized spacial score (nSPS) is 10.5. The first-order valence-corrected chi connectivity index (χ1v) is 7.12. The smallest absolute Gasteiger partial charge is 0.125 e. The summed E-state index contributed by atoms with van der Waals surface area (Å²) in [5, 5.41) is 0.434. The fourth-order valence-electron chi connectivity index (χ4n) is 1.36. The maximum Gasteiger partial charge on any atom is 0.125 e. The van der Waals surface area contributed by atoms with Crippen LogP contribution in [0.1, 0.15) is 5.56 Å². The lowest BCUT2D eigenvalue weighted by atomic mass is 10.2. The fraction of sp³-hybridized carbons (Fsp3) is 0.0769. The van der Waals surface area contributed by atoms with Gasteiger partial charge in [0.1, 0.15) is 5.82 Å². The average Bonchev–Trinajstić information content (AvgIpc) is 2.27. The van der Waals surface area contributed by atoms with Gasteiger partial charge < -0.3 is 0 Å². The Morgan fingerprint density at radius 2 is 1.82 bits per heavy atom. The SMILES string of the molecule is Fc1cc(Cl)cc(SCc2ccc(Br)cc2)c1. The molecule has 0 spiro atoms. The quantitative estimate of drug-likeness (QED) is 0.666. The Morgan fingerprint density at radius 3 is 2.47 bits per heavy atom. The summed E-state index contributed by atoms with van der Waals surface area (Å²) in [6, 6.07) is 12.6. The zero-order valence-corrected chi connectivity index (χ0v) is 11.9. The molecule has 2 aromatic carbocycles. The van der Waals surface area contributed by atoms with Crippen LogP contribution in [-0.2, 0) is 5.75 Å². The van der Waals surface area contributed by atoms with Crippen molar-refractivity contribution in [2.24, 2.45) is 0 Å². The molecule has 0 bridgehead atoms. The molecule has 0 radical (unpaired) electrons. The second-order valence-corrected chi connectivity index (χ2v) is 5.92. The van der Waals surface area contributed by atoms with Crippen molar-refractivity contribution in [2.75, 3.05) is 0 Å². The van der Waals surface area contributed by atoms with Crippen molar-refractivity contribution in [1.82, 2.24) is 0 Å². The highest BCUT2D eigenvalue weighted by Gasteiger charge is 2.01. The van der Waals surface area contributed by atoms with E-state index in [2.05, 4.69) is 15.9 Å². The van der Waals surface area contributed by atoms with Gasteiger partial charge in [-0.1, -0.05) is 39.7 Å². The van der Waals surface area contributed by atoms with E-state index in [0.717, 1.165) is 15.1 Å². The molecule has 0 amide bonds. The van der Waals surface area contributed by atoms with Crippen LogP contribution in [0.25, 0.3) is 0 Å². The van der Waals surface area contributed by atoms with Crippen LogP contribution < -0.4 is 0 Å². The van der Waals surface area contributed by atoms with Crippen LogP contribution in [0.4, 0.5) is 4.39 Å². The van der Waals surface area contributed by atoms with E-state index in [1.54, 1.807) is 17.8 Å². The van der Waals surface area contributed by atoms with Crippen LogP contribution >= 0.6 is 39.3 Å². The number of thioether (sulfide) groups is 1. The number of hydrogen-bond donors (Lipinski definition) is 0. The van der Waals surface area contributed by atoms with E-state index >= 15 is 0 Å². The van der Waals surface area contributed by atoms with E-state index in [1.165, 1.54) is 17.7 Å². The summed E-state index contributed by atoms with van der Waals surface area (Å²) < 4.78 is 14.2. The van der Waals surface area contributed by atoms with Crippen molar-refractivity contribution >= 4 is 39.3 Å². The number of hydrogen-bond acceptors (Lipinski definition) is 1. The van der Waals surface area contributed by atoms with Gasteiger partial charge >= 0.3 is 0 Å². The Morgan fingerprint density at radius 1 is 1.12 bits per heavy atom. The largest absolute Gasteiger partial charge is 0.207 e. The Balaban J connectivity index is 2.04. The molecule has 0 aliphatic carbocycles. The minimum Gasteiger partial charge on any atom is -0.207 e. The van der Waals surface area contributed by atoms with Gasteiger partial charge in [-0.15, -0.1) is 11.8 Å². The number of rotatable bonds is 3. The third kappa shape index (κ3) is 4.02. The predicted molar refractivity (Wildman–Crippen MR) is 75.1 cm³/mol. The van der Waals surface area contributed by atoms with E-state index in [0.29, 0.717) is 5.02 Å². The topological polar surface area (TPSA) is 0 Å². The molecule has 0 aromatic heterocycles. The number of benzene rings is 2. The van der Waals surface area contributed by atoms with Gasteiger partial charge in [0.15, 0.2) is 0 Å². The van der Waals surface area contributed by atoms with Gasteiger partial charge in [-0.3, -0.25) is 0 Å². The fourth-order valence-corrected chi connectivity index (χ4v) is 2.84. The summed E-state index contributed by atoms with van der Waals surface area (Å²) in [5.74, 6) is 0.503. The first-order chi connectivity index (χ1) is 8.13. The zero-order chi connectivity index (χ0) is 12.3. The lowest BCUT2D eigenvalue weighted by molar-refractivity contribution is 0.624. The lowest BCUT2D eigenvalue weighted by Crippen LogP contribution is -1.82. The van der Waals surface area contributed by atoms with Crippen molar-refractivity contribution in [3.63, 3.8) is 0 Å². The van der Waals surface area contributed by atoms with Crippen LogP contribution in [0, 0.1) is 5.82 Å². The molecule has 0 heterocycles. The molecule has 17 heavy (non-hydrogen) atoms. The number of halogens is 3. The van der Waals surface area contributed by atoms with Crippen LogP contribution in [-0.4, -0.2) is 0 Å². The highest BCUT2D eigenvalue weighted by molar-refractivity contribution is 9.10. The van der Waals surface area contributed by atoms with Crippen molar-refractivity contribution in [2.45, 2.75) is 10.6 Å². The molecular weight excluding hydrogens is 323 g/mol. The van der Waals surface area contributed by atoms with Crippen LogP contribution in [0.5, 0.6) is 0 Å². The zero-order valence-electron chi connectivity index (χ0n) is 8.79. The Hall–Kier alpha value is -0.510. The molecule has 0 nitrogen and oxygen atoms in total. The third-order valence-electron chi connectivity index (χ3n) is 2.15. The van der Waals surface area contributed by atoms with Crippen LogP contribution in [0.2, 0.25) is 5.02 Å². The second kappa shape index (κ2) is 5.89. The maximum absolute atomic E-state index is 13.1. The van der Waals surface area contributed by atoms with Gasteiger partial charge in [-0.25, -0.2) is 4.39 Å². The standard InChI is InChI=1S/C13H9BrClFS/c14-10-3-1-9(2-4-10)8-17-13-6-11(15)5-12(16)7-13/h1-7H,8H2. The summed E-state index contributed by atoms with van der Waals surface area (Å²) in [4.78, 5) is 0.845. The Bertz CT molecular complexity index is 493. The average molecular weight is 332 g/mol. The predicted octanol–water partition coefficient (Wildman–Crippen LogP) is 5.53. The van der Waals surface area contributed by atoms with E-state index in [9.17, 15) is 4.39 Å². The monoisotopic (exact) mass is 330 g/mol. The van der Waals surface area contributed by atoms with Crippen molar-refractivity contribution in [1.29, 1.82) is 0 Å². The van der Waals surface area contributed by atoms with Crippen LogP contribution in [0.15, 0.2) is 51.8 Å². The summed E-state index contributed by atoms with van der Waals surface area (Å²) in [6.07, 6.45) is 0. The molecule has 0 N–H and O–H groups in total.